The van der Waals surface area contributed by atoms with Crippen molar-refractivity contribution in [2.24, 2.45) is 11.7 Å². The van der Waals surface area contributed by atoms with Crippen LogP contribution in [0.1, 0.15) is 24.4 Å². The highest BCUT2D eigenvalue weighted by Crippen LogP contribution is 2.37. The molecule has 3 unspecified atom stereocenters. The molecule has 2 aliphatic heterocycles. The summed E-state index contributed by atoms with van der Waals surface area (Å²) in [5, 5.41) is 0.719. The Balaban J connectivity index is 1.69. The monoisotopic (exact) mass is 323 g/mol. The number of likely N-dealkylation sites (N-methyl/N-ethyl adjacent to an activating group) is 1. The fraction of sp³-hybridized carbons (Fsp3) is 0.647. The van der Waals surface area contributed by atoms with Crippen LogP contribution in [0.25, 0.3) is 0 Å². The fourth-order valence-corrected chi connectivity index (χ4v) is 3.89. The minimum Gasteiger partial charge on any atom is -0.487 e. The summed E-state index contributed by atoms with van der Waals surface area (Å²) in [6.07, 6.45) is 2.43. The molecule has 1 aromatic carbocycles. The quantitative estimate of drug-likeness (QED) is 0.923. The zero-order valence-electron chi connectivity index (χ0n) is 13.5. The Morgan fingerprint density at radius 1 is 1.32 bits per heavy atom. The summed E-state index contributed by atoms with van der Waals surface area (Å²) in [6.45, 7) is 3.88. The van der Waals surface area contributed by atoms with Gasteiger partial charge < -0.3 is 15.4 Å². The molecule has 3 atom stereocenters. The van der Waals surface area contributed by atoms with E-state index < -0.39 is 0 Å². The SMILES string of the molecule is CN1CCC(Oc2ccc(C3CC(CN)CN3C)cc2Cl)C1. The van der Waals surface area contributed by atoms with Crippen molar-refractivity contribution in [1.29, 1.82) is 0 Å². The van der Waals surface area contributed by atoms with Crippen molar-refractivity contribution in [1.82, 2.24) is 9.80 Å². The third-order valence-corrected chi connectivity index (χ3v) is 5.25. The summed E-state index contributed by atoms with van der Waals surface area (Å²) in [6, 6.07) is 6.66. The molecule has 0 saturated carbocycles. The van der Waals surface area contributed by atoms with Gasteiger partial charge in [-0.05, 0) is 57.1 Å². The van der Waals surface area contributed by atoms with Crippen LogP contribution in [0.4, 0.5) is 0 Å². The number of rotatable bonds is 4. The van der Waals surface area contributed by atoms with Crippen LogP contribution in [-0.4, -0.2) is 56.2 Å². The van der Waals surface area contributed by atoms with Crippen LogP contribution >= 0.6 is 11.6 Å². The van der Waals surface area contributed by atoms with E-state index in [0.29, 0.717) is 12.0 Å². The van der Waals surface area contributed by atoms with Crippen molar-refractivity contribution in [2.45, 2.75) is 25.0 Å². The third kappa shape index (κ3) is 3.40. The van der Waals surface area contributed by atoms with E-state index in [1.807, 2.05) is 6.07 Å². The molecule has 4 nitrogen and oxygen atoms in total. The summed E-state index contributed by atoms with van der Waals surface area (Å²) in [4.78, 5) is 4.66. The van der Waals surface area contributed by atoms with E-state index >= 15 is 0 Å². The smallest absolute Gasteiger partial charge is 0.138 e. The molecule has 122 valence electrons. The molecule has 2 aliphatic rings. The average Bonchev–Trinajstić information content (AvgIpc) is 3.07. The van der Waals surface area contributed by atoms with E-state index in [1.54, 1.807) is 0 Å². The largest absolute Gasteiger partial charge is 0.487 e. The number of hydrogen-bond donors (Lipinski definition) is 1. The van der Waals surface area contributed by atoms with Crippen molar-refractivity contribution < 1.29 is 4.74 Å². The molecule has 0 aliphatic carbocycles. The van der Waals surface area contributed by atoms with Crippen LogP contribution in [0.5, 0.6) is 5.75 Å². The van der Waals surface area contributed by atoms with Crippen LogP contribution in [0.15, 0.2) is 18.2 Å². The molecule has 0 amide bonds. The lowest BCUT2D eigenvalue weighted by molar-refractivity contribution is 0.208. The van der Waals surface area contributed by atoms with Gasteiger partial charge in [0.15, 0.2) is 0 Å². The first kappa shape index (κ1) is 16.1. The van der Waals surface area contributed by atoms with Crippen LogP contribution < -0.4 is 10.5 Å². The second-order valence-corrected chi connectivity index (χ2v) is 7.18. The number of likely N-dealkylation sites (tertiary alicyclic amines) is 2. The summed E-state index contributed by atoms with van der Waals surface area (Å²) in [5.41, 5.74) is 7.08. The molecule has 2 fully saturated rings. The highest BCUT2D eigenvalue weighted by molar-refractivity contribution is 6.32. The number of halogens is 1. The highest BCUT2D eigenvalue weighted by atomic mass is 35.5. The second-order valence-electron chi connectivity index (χ2n) is 6.77. The van der Waals surface area contributed by atoms with E-state index in [4.69, 9.17) is 22.1 Å². The molecule has 2 heterocycles. The van der Waals surface area contributed by atoms with Gasteiger partial charge in [-0.2, -0.15) is 0 Å². The van der Waals surface area contributed by atoms with Crippen LogP contribution in [0.3, 0.4) is 0 Å². The second kappa shape index (κ2) is 6.75. The lowest BCUT2D eigenvalue weighted by atomic mass is 10.00. The number of nitrogens with zero attached hydrogens (tertiary/aromatic N) is 2. The molecule has 22 heavy (non-hydrogen) atoms. The maximum absolute atomic E-state index is 6.46. The minimum absolute atomic E-state index is 0.254. The van der Waals surface area contributed by atoms with Gasteiger partial charge in [0.1, 0.15) is 11.9 Å². The Morgan fingerprint density at radius 2 is 2.14 bits per heavy atom. The van der Waals surface area contributed by atoms with E-state index in [1.165, 1.54) is 5.56 Å². The molecule has 1 aromatic rings. The molecular weight excluding hydrogens is 298 g/mol. The lowest BCUT2D eigenvalue weighted by Gasteiger charge is -2.21. The van der Waals surface area contributed by atoms with Crippen LogP contribution in [0, 0.1) is 5.92 Å². The predicted octanol–water partition coefficient (Wildman–Crippen LogP) is 2.37. The Kier molecular flexibility index (Phi) is 4.93. The van der Waals surface area contributed by atoms with Crippen molar-refractivity contribution in [3.8, 4) is 5.75 Å². The average molecular weight is 324 g/mol. The molecule has 0 bridgehead atoms. The topological polar surface area (TPSA) is 41.7 Å². The van der Waals surface area contributed by atoms with E-state index in [9.17, 15) is 0 Å². The molecule has 0 radical (unpaired) electrons. The minimum atomic E-state index is 0.254. The predicted molar refractivity (Wildman–Crippen MR) is 90.5 cm³/mol. The summed E-state index contributed by atoms with van der Waals surface area (Å²) in [7, 11) is 4.28. The first-order valence-corrected chi connectivity index (χ1v) is 8.49. The van der Waals surface area contributed by atoms with Gasteiger partial charge in [0.25, 0.3) is 0 Å². The number of hydrogen-bond acceptors (Lipinski definition) is 4. The van der Waals surface area contributed by atoms with Crippen molar-refractivity contribution in [2.75, 3.05) is 40.3 Å². The fourth-order valence-electron chi connectivity index (χ4n) is 3.66. The molecule has 2 saturated heterocycles. The normalized spacial score (nSPS) is 30.1. The maximum atomic E-state index is 6.46. The Morgan fingerprint density at radius 3 is 2.73 bits per heavy atom. The van der Waals surface area contributed by atoms with Gasteiger partial charge in [-0.15, -0.1) is 0 Å². The molecule has 5 heteroatoms. The van der Waals surface area contributed by atoms with Crippen molar-refractivity contribution in [3.05, 3.63) is 28.8 Å². The lowest BCUT2D eigenvalue weighted by Crippen LogP contribution is -2.22. The van der Waals surface area contributed by atoms with Crippen LogP contribution in [0.2, 0.25) is 5.02 Å². The van der Waals surface area contributed by atoms with Gasteiger partial charge in [-0.25, -0.2) is 0 Å². The Bertz CT molecular complexity index is 525. The Hall–Kier alpha value is -0.810. The highest BCUT2D eigenvalue weighted by Gasteiger charge is 2.30. The maximum Gasteiger partial charge on any atom is 0.138 e. The number of benzene rings is 1. The number of nitrogens with two attached hydrogens (primary N) is 1. The van der Waals surface area contributed by atoms with Gasteiger partial charge in [0, 0.05) is 25.7 Å². The van der Waals surface area contributed by atoms with E-state index in [2.05, 4.69) is 36.0 Å². The zero-order chi connectivity index (χ0) is 15.7. The summed E-state index contributed by atoms with van der Waals surface area (Å²) < 4.78 is 6.06. The van der Waals surface area contributed by atoms with Crippen LogP contribution in [-0.2, 0) is 0 Å². The Labute approximate surface area is 138 Å². The van der Waals surface area contributed by atoms with Crippen molar-refractivity contribution >= 4 is 11.6 Å². The van der Waals surface area contributed by atoms with Gasteiger partial charge in [0.2, 0.25) is 0 Å². The third-order valence-electron chi connectivity index (χ3n) is 4.95. The van der Waals surface area contributed by atoms with Gasteiger partial charge in [-0.3, -0.25) is 4.90 Å². The molecule has 0 aromatic heterocycles. The van der Waals surface area contributed by atoms with E-state index in [0.717, 1.165) is 49.8 Å². The molecule has 2 N–H and O–H groups in total. The molecule has 3 rings (SSSR count). The summed E-state index contributed by atoms with van der Waals surface area (Å²) >= 11 is 6.46. The van der Waals surface area contributed by atoms with Gasteiger partial charge >= 0.3 is 0 Å². The van der Waals surface area contributed by atoms with Gasteiger partial charge in [-0.1, -0.05) is 17.7 Å². The van der Waals surface area contributed by atoms with E-state index in [-0.39, 0.29) is 6.10 Å². The standard InChI is InChI=1S/C17H26ClN3O/c1-20-6-5-14(11-20)22-17-4-3-13(8-15(17)18)16-7-12(9-19)10-21(16)2/h3-4,8,12,14,16H,5-7,9-11,19H2,1-2H3. The number of ether oxygens (including phenoxy) is 1. The first-order valence-electron chi connectivity index (χ1n) is 8.11. The van der Waals surface area contributed by atoms with Gasteiger partial charge in [0.05, 0.1) is 5.02 Å². The van der Waals surface area contributed by atoms with Crippen molar-refractivity contribution in [3.63, 3.8) is 0 Å². The summed E-state index contributed by atoms with van der Waals surface area (Å²) in [5.74, 6) is 1.39. The zero-order valence-corrected chi connectivity index (χ0v) is 14.2. The molecular formula is C17H26ClN3O. The first-order chi connectivity index (χ1) is 10.6. The molecule has 0 spiro atoms.